The number of likely N-dealkylation sites (tertiary alicyclic amines) is 1. The van der Waals surface area contributed by atoms with E-state index < -0.39 is 30.9 Å². The lowest BCUT2D eigenvalue weighted by Gasteiger charge is -2.44. The first kappa shape index (κ1) is 23.6. The van der Waals surface area contributed by atoms with Gasteiger partial charge in [-0.3, -0.25) is 14.2 Å². The molecule has 3 aromatic rings. The molecule has 1 aromatic heterocycles. The van der Waals surface area contributed by atoms with E-state index in [1.807, 2.05) is 31.2 Å². The van der Waals surface area contributed by atoms with Crippen LogP contribution >= 0.6 is 0 Å². The van der Waals surface area contributed by atoms with Crippen molar-refractivity contribution in [1.29, 1.82) is 0 Å². The van der Waals surface area contributed by atoms with Gasteiger partial charge in [0.2, 0.25) is 0 Å². The van der Waals surface area contributed by atoms with Crippen molar-refractivity contribution in [3.8, 4) is 11.5 Å². The average Bonchev–Trinajstić information content (AvgIpc) is 3.17. The van der Waals surface area contributed by atoms with Crippen molar-refractivity contribution in [3.05, 3.63) is 59.0 Å². The SMILES string of the molecule is CC1Cc2c([nH]c3ccccc23)[C@H]2c3c(F)cc(OCCN4CC(CF)C4)cc3OCC(F)(F)CN12. The van der Waals surface area contributed by atoms with Crippen molar-refractivity contribution in [2.45, 2.75) is 31.4 Å². The summed E-state index contributed by atoms with van der Waals surface area (Å²) in [5.41, 5.74) is 2.89. The summed E-state index contributed by atoms with van der Waals surface area (Å²) < 4.78 is 69.6. The van der Waals surface area contributed by atoms with Crippen molar-refractivity contribution >= 4 is 10.9 Å². The van der Waals surface area contributed by atoms with Crippen LogP contribution in [0.2, 0.25) is 0 Å². The third-order valence-corrected chi connectivity index (χ3v) is 7.64. The number of benzene rings is 2. The van der Waals surface area contributed by atoms with E-state index >= 15 is 4.39 Å². The highest BCUT2D eigenvalue weighted by atomic mass is 19.3. The maximum atomic E-state index is 15.8. The summed E-state index contributed by atoms with van der Waals surface area (Å²) in [5, 5.41) is 1.02. The van der Waals surface area contributed by atoms with Crippen molar-refractivity contribution < 1.29 is 27.0 Å². The van der Waals surface area contributed by atoms with Gasteiger partial charge in [-0.25, -0.2) is 13.2 Å². The summed E-state index contributed by atoms with van der Waals surface area (Å²) in [6.07, 6.45) is 0.588. The summed E-state index contributed by atoms with van der Waals surface area (Å²) in [4.78, 5) is 7.14. The van der Waals surface area contributed by atoms with Crippen molar-refractivity contribution in [2.24, 2.45) is 5.92 Å². The lowest BCUT2D eigenvalue weighted by atomic mass is 9.87. The lowest BCUT2D eigenvalue weighted by Crippen LogP contribution is -2.51. The second-order valence-electron chi connectivity index (χ2n) is 10.3. The Labute approximate surface area is 207 Å². The Morgan fingerprint density at radius 3 is 2.81 bits per heavy atom. The molecule has 1 fully saturated rings. The number of aromatic amines is 1. The van der Waals surface area contributed by atoms with Gasteiger partial charge in [-0.2, -0.15) is 0 Å². The Balaban J connectivity index is 1.37. The minimum Gasteiger partial charge on any atom is -0.492 e. The van der Waals surface area contributed by atoms with Gasteiger partial charge < -0.3 is 14.5 Å². The van der Waals surface area contributed by atoms with Gasteiger partial charge in [-0.1, -0.05) is 18.2 Å². The first-order valence-electron chi connectivity index (χ1n) is 12.4. The van der Waals surface area contributed by atoms with E-state index in [0.29, 0.717) is 26.1 Å². The number of H-pyrrole nitrogens is 1. The van der Waals surface area contributed by atoms with Crippen molar-refractivity contribution in [1.82, 2.24) is 14.8 Å². The van der Waals surface area contributed by atoms with E-state index in [-0.39, 0.29) is 42.3 Å². The molecular weight excluding hydrogens is 474 g/mol. The monoisotopic (exact) mass is 503 g/mol. The quantitative estimate of drug-likeness (QED) is 0.501. The molecule has 6 rings (SSSR count). The maximum absolute atomic E-state index is 15.8. The molecule has 0 saturated carbocycles. The summed E-state index contributed by atoms with van der Waals surface area (Å²) >= 11 is 0. The first-order chi connectivity index (χ1) is 17.3. The summed E-state index contributed by atoms with van der Waals surface area (Å²) in [6, 6.07) is 9.66. The number of hydrogen-bond donors (Lipinski definition) is 1. The number of aromatic nitrogens is 1. The number of hydrogen-bond acceptors (Lipinski definition) is 4. The van der Waals surface area contributed by atoms with Crippen LogP contribution in [0.3, 0.4) is 0 Å². The van der Waals surface area contributed by atoms with Gasteiger partial charge in [0.25, 0.3) is 5.92 Å². The predicted molar refractivity (Wildman–Crippen MR) is 128 cm³/mol. The van der Waals surface area contributed by atoms with Crippen LogP contribution in [-0.4, -0.2) is 72.8 Å². The van der Waals surface area contributed by atoms with Gasteiger partial charge in [0.05, 0.1) is 24.8 Å². The summed E-state index contributed by atoms with van der Waals surface area (Å²) in [6.45, 7) is 2.45. The first-order valence-corrected chi connectivity index (χ1v) is 12.4. The standard InChI is InChI=1S/C27H29F4N3O2/c1-16-8-20-19-4-2-3-5-22(19)32-25(20)26-24-21(29)9-18(35-7-6-33-12-17(11-28)13-33)10-23(24)36-15-27(30,31)14-34(16)26/h2-5,9-10,16-17,26,32H,6-8,11-15H2,1H3/t16?,26-/m1/s1. The molecule has 3 aliphatic rings. The fourth-order valence-electron chi connectivity index (χ4n) is 5.85. The van der Waals surface area contributed by atoms with Gasteiger partial charge in [0, 0.05) is 60.3 Å². The number of halogens is 4. The van der Waals surface area contributed by atoms with Gasteiger partial charge in [-0.15, -0.1) is 0 Å². The van der Waals surface area contributed by atoms with Crippen molar-refractivity contribution in [2.75, 3.05) is 46.1 Å². The highest BCUT2D eigenvalue weighted by molar-refractivity contribution is 5.85. The van der Waals surface area contributed by atoms with Gasteiger partial charge in [0.1, 0.15) is 23.9 Å². The molecule has 1 N–H and O–H groups in total. The fraction of sp³-hybridized carbons (Fsp3) is 0.481. The molecule has 3 aliphatic heterocycles. The average molecular weight is 504 g/mol. The van der Waals surface area contributed by atoms with Gasteiger partial charge >= 0.3 is 0 Å². The molecule has 9 heteroatoms. The molecular formula is C27H29F4N3O2. The lowest BCUT2D eigenvalue weighted by molar-refractivity contribution is -0.0867. The van der Waals surface area contributed by atoms with Crippen LogP contribution in [0.4, 0.5) is 17.6 Å². The Kier molecular flexibility index (Phi) is 5.87. The minimum atomic E-state index is -3.11. The molecule has 4 heterocycles. The van der Waals surface area contributed by atoms with E-state index in [4.69, 9.17) is 9.47 Å². The number of ether oxygens (including phenoxy) is 2. The Morgan fingerprint density at radius 2 is 2.00 bits per heavy atom. The Bertz CT molecular complexity index is 1270. The Morgan fingerprint density at radius 1 is 1.19 bits per heavy atom. The maximum Gasteiger partial charge on any atom is 0.293 e. The molecule has 36 heavy (non-hydrogen) atoms. The third kappa shape index (κ3) is 4.12. The van der Waals surface area contributed by atoms with E-state index in [0.717, 1.165) is 22.2 Å². The number of nitrogens with zero attached hydrogens (tertiary/aromatic N) is 2. The summed E-state index contributed by atoms with van der Waals surface area (Å²) in [7, 11) is 0. The third-order valence-electron chi connectivity index (χ3n) is 7.64. The molecule has 0 aliphatic carbocycles. The topological polar surface area (TPSA) is 40.7 Å². The second-order valence-corrected chi connectivity index (χ2v) is 10.3. The van der Waals surface area contributed by atoms with E-state index in [9.17, 15) is 13.2 Å². The molecule has 1 unspecified atom stereocenters. The number of nitrogens with one attached hydrogen (secondary N) is 1. The summed E-state index contributed by atoms with van der Waals surface area (Å²) in [5.74, 6) is -3.29. The Hall–Kier alpha value is -2.78. The zero-order chi connectivity index (χ0) is 25.0. The molecule has 0 bridgehead atoms. The van der Waals surface area contributed by atoms with Crippen molar-refractivity contribution in [3.63, 3.8) is 0 Å². The van der Waals surface area contributed by atoms with Crippen LogP contribution in [0.1, 0.15) is 29.8 Å². The number of fused-ring (bicyclic) bond motifs is 7. The molecule has 2 atom stereocenters. The van der Waals surface area contributed by atoms with Crippen LogP contribution in [-0.2, 0) is 6.42 Å². The van der Waals surface area contributed by atoms with E-state index in [1.54, 1.807) is 4.90 Å². The van der Waals surface area contributed by atoms with Crippen LogP contribution in [0.15, 0.2) is 36.4 Å². The minimum absolute atomic E-state index is 0.0690. The van der Waals surface area contributed by atoms with Crippen LogP contribution in [0.25, 0.3) is 10.9 Å². The largest absolute Gasteiger partial charge is 0.492 e. The number of alkyl halides is 3. The highest BCUT2D eigenvalue weighted by Gasteiger charge is 2.46. The van der Waals surface area contributed by atoms with E-state index in [1.165, 1.54) is 12.1 Å². The smallest absolute Gasteiger partial charge is 0.293 e. The second kappa shape index (κ2) is 8.95. The normalized spacial score (nSPS) is 24.1. The molecule has 1 saturated heterocycles. The highest BCUT2D eigenvalue weighted by Crippen LogP contribution is 2.47. The fourth-order valence-corrected chi connectivity index (χ4v) is 5.85. The van der Waals surface area contributed by atoms with E-state index in [2.05, 4.69) is 9.88 Å². The van der Waals surface area contributed by atoms with Crippen LogP contribution in [0.5, 0.6) is 11.5 Å². The van der Waals surface area contributed by atoms with Crippen LogP contribution in [0, 0.1) is 11.7 Å². The molecule has 5 nitrogen and oxygen atoms in total. The molecule has 2 aromatic carbocycles. The molecule has 192 valence electrons. The molecule has 0 radical (unpaired) electrons. The van der Waals surface area contributed by atoms with Gasteiger partial charge in [-0.05, 0) is 25.0 Å². The van der Waals surface area contributed by atoms with Crippen LogP contribution < -0.4 is 9.47 Å². The zero-order valence-corrected chi connectivity index (χ0v) is 20.1. The number of para-hydroxylation sites is 1. The van der Waals surface area contributed by atoms with Gasteiger partial charge in [0.15, 0.2) is 6.61 Å². The zero-order valence-electron chi connectivity index (χ0n) is 20.1. The predicted octanol–water partition coefficient (Wildman–Crippen LogP) is 4.95. The molecule has 0 spiro atoms. The number of rotatable bonds is 5. The molecule has 0 amide bonds.